The molecule has 0 aliphatic carbocycles. The molecule has 2 aliphatic rings. The number of amides is 1. The zero-order chi connectivity index (χ0) is 19.2. The molecule has 2 fully saturated rings. The first-order valence-corrected chi connectivity index (χ1v) is 8.93. The third kappa shape index (κ3) is 4.95. The van der Waals surface area contributed by atoms with E-state index in [1.807, 2.05) is 0 Å². The Bertz CT molecular complexity index is 676. The smallest absolute Gasteiger partial charge is 0.387 e. The van der Waals surface area contributed by atoms with E-state index in [2.05, 4.69) is 4.74 Å². The Balaban J connectivity index is 1.69. The van der Waals surface area contributed by atoms with Crippen molar-refractivity contribution in [2.24, 2.45) is 0 Å². The molecule has 0 N–H and O–H groups in total. The molecule has 0 saturated carbocycles. The van der Waals surface area contributed by atoms with Gasteiger partial charge in [0, 0.05) is 12.6 Å². The van der Waals surface area contributed by atoms with Crippen molar-refractivity contribution < 1.29 is 32.5 Å². The van der Waals surface area contributed by atoms with Gasteiger partial charge in [0.25, 0.3) is 0 Å². The van der Waals surface area contributed by atoms with E-state index in [0.29, 0.717) is 25.3 Å². The number of benzene rings is 1. The number of hydrogen-bond donors (Lipinski definition) is 0. The summed E-state index contributed by atoms with van der Waals surface area (Å²) in [4.78, 5) is 14.5. The van der Waals surface area contributed by atoms with Crippen LogP contribution in [0.1, 0.15) is 24.8 Å². The van der Waals surface area contributed by atoms with Crippen LogP contribution in [-0.2, 0) is 14.3 Å². The van der Waals surface area contributed by atoms with Crippen LogP contribution in [0.5, 0.6) is 11.5 Å². The summed E-state index contributed by atoms with van der Waals surface area (Å²) in [6.07, 6.45) is 5.54. The predicted octanol–water partition coefficient (Wildman–Crippen LogP) is 3.06. The van der Waals surface area contributed by atoms with Gasteiger partial charge in [-0.25, -0.2) is 0 Å². The van der Waals surface area contributed by atoms with Crippen molar-refractivity contribution in [1.29, 1.82) is 0 Å². The van der Waals surface area contributed by atoms with Crippen molar-refractivity contribution in [1.82, 2.24) is 4.90 Å². The quantitative estimate of drug-likeness (QED) is 0.707. The molecule has 1 unspecified atom stereocenters. The number of piperidine rings is 1. The van der Waals surface area contributed by atoms with E-state index in [-0.39, 0.29) is 29.7 Å². The van der Waals surface area contributed by atoms with Gasteiger partial charge in [0.1, 0.15) is 0 Å². The highest BCUT2D eigenvalue weighted by Crippen LogP contribution is 2.30. The van der Waals surface area contributed by atoms with E-state index >= 15 is 0 Å². The standard InChI is InChI=1S/C19H23F2NO5/c1-24-16-12-13(5-7-15(16)27-19(20)21)6-8-17(23)22-9-3-2-4-14(22)18-25-10-11-26-18/h5-8,12,14,18-19H,2-4,9-11H2,1H3/b8-6+. The minimum atomic E-state index is -2.93. The Morgan fingerprint density at radius 1 is 1.26 bits per heavy atom. The van der Waals surface area contributed by atoms with Gasteiger partial charge in [0.05, 0.1) is 26.4 Å². The number of ether oxygens (including phenoxy) is 4. The number of halogens is 2. The molecule has 1 amide bonds. The zero-order valence-electron chi connectivity index (χ0n) is 15.1. The highest BCUT2D eigenvalue weighted by atomic mass is 19.3. The van der Waals surface area contributed by atoms with Gasteiger partial charge < -0.3 is 23.8 Å². The van der Waals surface area contributed by atoms with Crippen LogP contribution >= 0.6 is 0 Å². The molecule has 0 aromatic heterocycles. The number of likely N-dealkylation sites (tertiary alicyclic amines) is 1. The fourth-order valence-electron chi connectivity index (χ4n) is 3.36. The molecule has 148 valence electrons. The van der Waals surface area contributed by atoms with Crippen molar-refractivity contribution in [2.75, 3.05) is 26.9 Å². The van der Waals surface area contributed by atoms with Crippen LogP contribution < -0.4 is 9.47 Å². The second-order valence-corrected chi connectivity index (χ2v) is 6.33. The molecule has 0 spiro atoms. The Kier molecular flexibility index (Phi) is 6.63. The molecule has 0 bridgehead atoms. The molecular formula is C19H23F2NO5. The number of alkyl halides is 2. The highest BCUT2D eigenvalue weighted by molar-refractivity contribution is 5.92. The molecule has 27 heavy (non-hydrogen) atoms. The van der Waals surface area contributed by atoms with Crippen LogP contribution in [-0.4, -0.2) is 56.6 Å². The summed E-state index contributed by atoms with van der Waals surface area (Å²) in [7, 11) is 1.37. The first-order chi connectivity index (χ1) is 13.1. The van der Waals surface area contributed by atoms with Crippen LogP contribution in [0.4, 0.5) is 8.78 Å². The third-order valence-electron chi connectivity index (χ3n) is 4.62. The lowest BCUT2D eigenvalue weighted by molar-refractivity contribution is -0.145. The summed E-state index contributed by atoms with van der Waals surface area (Å²) in [5.74, 6) is -0.0122. The molecule has 2 heterocycles. The van der Waals surface area contributed by atoms with Gasteiger partial charge in [-0.05, 0) is 43.0 Å². The van der Waals surface area contributed by atoms with Crippen molar-refractivity contribution >= 4 is 12.0 Å². The number of carbonyl (C=O) groups excluding carboxylic acids is 1. The van der Waals surface area contributed by atoms with Gasteiger partial charge in [-0.1, -0.05) is 6.07 Å². The van der Waals surface area contributed by atoms with Gasteiger partial charge in [-0.15, -0.1) is 0 Å². The highest BCUT2D eigenvalue weighted by Gasteiger charge is 2.35. The molecule has 1 atom stereocenters. The normalized spacial score (nSPS) is 21.2. The summed E-state index contributed by atoms with van der Waals surface area (Å²) >= 11 is 0. The van der Waals surface area contributed by atoms with Crippen molar-refractivity contribution in [3.05, 3.63) is 29.8 Å². The fraction of sp³-hybridized carbons (Fsp3) is 0.526. The van der Waals surface area contributed by atoms with Crippen molar-refractivity contribution in [3.8, 4) is 11.5 Å². The fourth-order valence-corrected chi connectivity index (χ4v) is 3.36. The molecule has 2 aliphatic heterocycles. The summed E-state index contributed by atoms with van der Waals surface area (Å²) in [6, 6.07) is 4.42. The Labute approximate surface area is 156 Å². The van der Waals surface area contributed by atoms with Gasteiger partial charge in [0.15, 0.2) is 17.8 Å². The Morgan fingerprint density at radius 2 is 2.04 bits per heavy atom. The van der Waals surface area contributed by atoms with Gasteiger partial charge >= 0.3 is 6.61 Å². The number of nitrogens with zero attached hydrogens (tertiary/aromatic N) is 1. The van der Waals surface area contributed by atoms with E-state index < -0.39 is 6.61 Å². The number of carbonyl (C=O) groups is 1. The number of rotatable bonds is 6. The van der Waals surface area contributed by atoms with Gasteiger partial charge in [-0.2, -0.15) is 8.78 Å². The summed E-state index contributed by atoms with van der Waals surface area (Å²) in [6.45, 7) is -1.18. The lowest BCUT2D eigenvalue weighted by Gasteiger charge is -2.37. The largest absolute Gasteiger partial charge is 0.493 e. The van der Waals surface area contributed by atoms with E-state index in [1.54, 1.807) is 23.1 Å². The summed E-state index contributed by atoms with van der Waals surface area (Å²) in [5, 5.41) is 0. The zero-order valence-corrected chi connectivity index (χ0v) is 15.1. The average Bonchev–Trinajstić information content (AvgIpc) is 3.21. The van der Waals surface area contributed by atoms with Gasteiger partial charge in [-0.3, -0.25) is 4.79 Å². The lowest BCUT2D eigenvalue weighted by Crippen LogP contribution is -2.49. The number of hydrogen-bond acceptors (Lipinski definition) is 5. The molecule has 1 aromatic rings. The van der Waals surface area contributed by atoms with E-state index in [0.717, 1.165) is 19.3 Å². The maximum absolute atomic E-state index is 12.7. The average molecular weight is 383 g/mol. The van der Waals surface area contributed by atoms with E-state index in [9.17, 15) is 13.6 Å². The summed E-state index contributed by atoms with van der Waals surface area (Å²) in [5.41, 5.74) is 0.642. The molecule has 3 rings (SSSR count). The van der Waals surface area contributed by atoms with Crippen molar-refractivity contribution in [2.45, 2.75) is 38.2 Å². The van der Waals surface area contributed by atoms with Crippen LogP contribution in [0.2, 0.25) is 0 Å². The second kappa shape index (κ2) is 9.14. The first kappa shape index (κ1) is 19.6. The maximum atomic E-state index is 12.7. The van der Waals surface area contributed by atoms with Crippen LogP contribution in [0.25, 0.3) is 6.08 Å². The Morgan fingerprint density at radius 3 is 2.74 bits per heavy atom. The summed E-state index contributed by atoms with van der Waals surface area (Å²) < 4.78 is 45.4. The SMILES string of the molecule is COc1cc(/C=C/C(=O)N2CCCCC2C2OCCO2)ccc1OC(F)F. The molecule has 1 aromatic carbocycles. The maximum Gasteiger partial charge on any atom is 0.387 e. The molecular weight excluding hydrogens is 360 g/mol. The first-order valence-electron chi connectivity index (χ1n) is 8.93. The van der Waals surface area contributed by atoms with Crippen LogP contribution in [0.15, 0.2) is 24.3 Å². The molecule has 8 heteroatoms. The predicted molar refractivity (Wildman–Crippen MR) is 93.7 cm³/mol. The number of methoxy groups -OCH3 is 1. The second-order valence-electron chi connectivity index (χ2n) is 6.33. The minimum absolute atomic E-state index is 0.0531. The molecule has 0 radical (unpaired) electrons. The monoisotopic (exact) mass is 383 g/mol. The van der Waals surface area contributed by atoms with Crippen LogP contribution in [0.3, 0.4) is 0 Å². The van der Waals surface area contributed by atoms with Crippen LogP contribution in [0, 0.1) is 0 Å². The lowest BCUT2D eigenvalue weighted by atomic mass is 10.0. The molecule has 6 nitrogen and oxygen atoms in total. The third-order valence-corrected chi connectivity index (χ3v) is 4.62. The minimum Gasteiger partial charge on any atom is -0.493 e. The van der Waals surface area contributed by atoms with E-state index in [4.69, 9.17) is 14.2 Å². The van der Waals surface area contributed by atoms with E-state index in [1.165, 1.54) is 19.3 Å². The van der Waals surface area contributed by atoms with Gasteiger partial charge in [0.2, 0.25) is 5.91 Å². The molecule has 2 saturated heterocycles. The Hall–Kier alpha value is -2.19. The van der Waals surface area contributed by atoms with Crippen molar-refractivity contribution in [3.63, 3.8) is 0 Å². The topological polar surface area (TPSA) is 57.2 Å².